The molecule has 0 bridgehead atoms. The zero-order valence-electron chi connectivity index (χ0n) is 14.9. The first-order valence-electron chi connectivity index (χ1n) is 8.47. The summed E-state index contributed by atoms with van der Waals surface area (Å²) >= 11 is 6.13. The number of hydrogen-bond acceptors (Lipinski definition) is 4. The number of aromatic nitrogens is 1. The van der Waals surface area contributed by atoms with Crippen molar-refractivity contribution < 1.29 is 23.0 Å². The lowest BCUT2D eigenvalue weighted by Crippen LogP contribution is -2.39. The third-order valence-corrected chi connectivity index (χ3v) is 4.16. The molecule has 3 rings (SSSR count). The molecular weight excluding hydrogens is 390 g/mol. The summed E-state index contributed by atoms with van der Waals surface area (Å²) in [6.45, 7) is 1.47. The molecular formula is C20H17ClF2N2O3. The minimum atomic E-state index is -0.802. The molecule has 28 heavy (non-hydrogen) atoms. The Morgan fingerprint density at radius 2 is 1.96 bits per heavy atom. The SMILES string of the molecule is CC(COc1ccc(F)cc1F)NC(=O)COc1ccc(Cl)c2cccnc12. The van der Waals surface area contributed by atoms with Crippen LogP contribution in [0.15, 0.2) is 48.7 Å². The minimum absolute atomic E-state index is 0.0136. The van der Waals surface area contributed by atoms with Crippen LogP contribution in [0.25, 0.3) is 10.9 Å². The molecule has 0 aliphatic carbocycles. The van der Waals surface area contributed by atoms with E-state index < -0.39 is 17.7 Å². The van der Waals surface area contributed by atoms with Crippen LogP contribution in [0, 0.1) is 11.6 Å². The molecule has 5 nitrogen and oxygen atoms in total. The molecule has 8 heteroatoms. The third kappa shape index (κ3) is 4.86. The highest BCUT2D eigenvalue weighted by Gasteiger charge is 2.13. The molecule has 3 aromatic rings. The van der Waals surface area contributed by atoms with Crippen LogP contribution < -0.4 is 14.8 Å². The monoisotopic (exact) mass is 406 g/mol. The molecule has 0 fully saturated rings. The van der Waals surface area contributed by atoms with Gasteiger partial charge in [-0.3, -0.25) is 9.78 Å². The summed E-state index contributed by atoms with van der Waals surface area (Å²) in [7, 11) is 0. The number of rotatable bonds is 7. The third-order valence-electron chi connectivity index (χ3n) is 3.83. The maximum atomic E-state index is 13.5. The summed E-state index contributed by atoms with van der Waals surface area (Å²) in [5.74, 6) is -1.52. The minimum Gasteiger partial charge on any atom is -0.488 e. The number of carbonyl (C=O) groups is 1. The van der Waals surface area contributed by atoms with Gasteiger partial charge in [-0.2, -0.15) is 0 Å². The summed E-state index contributed by atoms with van der Waals surface area (Å²) in [6.07, 6.45) is 1.61. The first kappa shape index (κ1) is 19.8. The predicted molar refractivity (Wildman–Crippen MR) is 102 cm³/mol. The number of halogens is 3. The van der Waals surface area contributed by atoms with Crippen LogP contribution in [0.3, 0.4) is 0 Å². The van der Waals surface area contributed by atoms with E-state index >= 15 is 0 Å². The van der Waals surface area contributed by atoms with Gasteiger partial charge in [0, 0.05) is 17.6 Å². The number of fused-ring (bicyclic) bond motifs is 1. The van der Waals surface area contributed by atoms with Gasteiger partial charge in [0.15, 0.2) is 18.2 Å². The van der Waals surface area contributed by atoms with Gasteiger partial charge in [-0.25, -0.2) is 8.78 Å². The number of nitrogens with zero attached hydrogens (tertiary/aromatic N) is 1. The highest BCUT2D eigenvalue weighted by Crippen LogP contribution is 2.29. The van der Waals surface area contributed by atoms with E-state index in [1.54, 1.807) is 31.3 Å². The van der Waals surface area contributed by atoms with Gasteiger partial charge in [0.05, 0.1) is 11.1 Å². The molecule has 0 spiro atoms. The van der Waals surface area contributed by atoms with E-state index in [0.717, 1.165) is 17.5 Å². The maximum absolute atomic E-state index is 13.5. The van der Waals surface area contributed by atoms with Crippen LogP contribution in [-0.2, 0) is 4.79 Å². The number of benzene rings is 2. The van der Waals surface area contributed by atoms with Crippen LogP contribution in [0.2, 0.25) is 5.02 Å². The molecule has 1 N–H and O–H groups in total. The van der Waals surface area contributed by atoms with E-state index in [1.807, 2.05) is 6.07 Å². The fourth-order valence-corrected chi connectivity index (χ4v) is 2.75. The fraction of sp³-hybridized carbons (Fsp3) is 0.200. The average Bonchev–Trinajstić information content (AvgIpc) is 2.67. The Hall–Kier alpha value is -2.93. The van der Waals surface area contributed by atoms with Crippen LogP contribution >= 0.6 is 11.6 Å². The Labute approximate surface area is 165 Å². The van der Waals surface area contributed by atoms with E-state index in [9.17, 15) is 13.6 Å². The number of nitrogens with one attached hydrogen (secondary N) is 1. The van der Waals surface area contributed by atoms with E-state index in [2.05, 4.69) is 10.3 Å². The molecule has 1 atom stereocenters. The zero-order valence-corrected chi connectivity index (χ0v) is 15.7. The quantitative estimate of drug-likeness (QED) is 0.641. The second-order valence-electron chi connectivity index (χ2n) is 6.09. The number of pyridine rings is 1. The Morgan fingerprint density at radius 1 is 1.18 bits per heavy atom. The summed E-state index contributed by atoms with van der Waals surface area (Å²) < 4.78 is 37.2. The number of ether oxygens (including phenoxy) is 2. The fourth-order valence-electron chi connectivity index (χ4n) is 2.54. The van der Waals surface area contributed by atoms with Crippen molar-refractivity contribution in [2.75, 3.05) is 13.2 Å². The second-order valence-corrected chi connectivity index (χ2v) is 6.50. The number of amides is 1. The largest absolute Gasteiger partial charge is 0.488 e. The molecule has 1 unspecified atom stereocenters. The smallest absolute Gasteiger partial charge is 0.258 e. The van der Waals surface area contributed by atoms with Gasteiger partial charge >= 0.3 is 0 Å². The predicted octanol–water partition coefficient (Wildman–Crippen LogP) is 4.13. The summed E-state index contributed by atoms with van der Waals surface area (Å²) in [6, 6.07) is 9.50. The second kappa shape index (κ2) is 8.84. The van der Waals surface area contributed by atoms with Crippen LogP contribution in [0.1, 0.15) is 6.92 Å². The van der Waals surface area contributed by atoms with Crippen molar-refractivity contribution in [2.45, 2.75) is 13.0 Å². The van der Waals surface area contributed by atoms with E-state index in [4.69, 9.17) is 21.1 Å². The Morgan fingerprint density at radius 3 is 2.75 bits per heavy atom. The molecule has 146 valence electrons. The van der Waals surface area contributed by atoms with Crippen molar-refractivity contribution in [1.82, 2.24) is 10.3 Å². The average molecular weight is 407 g/mol. The molecule has 1 aromatic heterocycles. The Balaban J connectivity index is 1.52. The Bertz CT molecular complexity index is 1000. The molecule has 0 aliphatic heterocycles. The van der Waals surface area contributed by atoms with Gasteiger partial charge in [0.2, 0.25) is 0 Å². The van der Waals surface area contributed by atoms with Crippen LogP contribution in [0.4, 0.5) is 8.78 Å². The van der Waals surface area contributed by atoms with Crippen molar-refractivity contribution in [1.29, 1.82) is 0 Å². The van der Waals surface area contributed by atoms with Gasteiger partial charge in [0.25, 0.3) is 5.91 Å². The lowest BCUT2D eigenvalue weighted by Gasteiger charge is -2.16. The lowest BCUT2D eigenvalue weighted by molar-refractivity contribution is -0.123. The van der Waals surface area contributed by atoms with Crippen LogP contribution in [0.5, 0.6) is 11.5 Å². The highest BCUT2D eigenvalue weighted by atomic mass is 35.5. The van der Waals surface area contributed by atoms with Gasteiger partial charge in [-0.05, 0) is 43.3 Å². The normalized spacial score (nSPS) is 11.9. The summed E-state index contributed by atoms with van der Waals surface area (Å²) in [5.41, 5.74) is 0.561. The first-order valence-corrected chi connectivity index (χ1v) is 8.85. The lowest BCUT2D eigenvalue weighted by atomic mass is 10.2. The zero-order chi connectivity index (χ0) is 20.1. The van der Waals surface area contributed by atoms with Crippen molar-refractivity contribution in [3.05, 3.63) is 65.3 Å². The molecule has 0 saturated carbocycles. The molecule has 0 radical (unpaired) electrons. The van der Waals surface area contributed by atoms with E-state index in [0.29, 0.717) is 16.3 Å². The Kier molecular flexibility index (Phi) is 6.26. The maximum Gasteiger partial charge on any atom is 0.258 e. The molecule has 0 aliphatic rings. The van der Waals surface area contributed by atoms with Crippen molar-refractivity contribution in [3.63, 3.8) is 0 Å². The molecule has 2 aromatic carbocycles. The van der Waals surface area contributed by atoms with Crippen molar-refractivity contribution in [2.24, 2.45) is 0 Å². The standard InChI is InChI=1S/C20H17ClF2N2O3/c1-12(10-27-17-6-4-13(22)9-16(17)23)25-19(26)11-28-18-7-5-15(21)14-3-2-8-24-20(14)18/h2-9,12H,10-11H2,1H3,(H,25,26). The van der Waals surface area contributed by atoms with Crippen molar-refractivity contribution >= 4 is 28.4 Å². The molecule has 1 amide bonds. The highest BCUT2D eigenvalue weighted by molar-refractivity contribution is 6.35. The molecule has 0 saturated heterocycles. The van der Waals surface area contributed by atoms with Gasteiger partial charge in [0.1, 0.15) is 23.7 Å². The molecule has 1 heterocycles. The van der Waals surface area contributed by atoms with E-state index in [1.165, 1.54) is 6.07 Å². The number of carbonyl (C=O) groups excluding carboxylic acids is 1. The summed E-state index contributed by atoms with van der Waals surface area (Å²) in [5, 5.41) is 3.95. The number of hydrogen-bond donors (Lipinski definition) is 1. The van der Waals surface area contributed by atoms with Gasteiger partial charge in [-0.1, -0.05) is 11.6 Å². The first-order chi connectivity index (χ1) is 13.4. The topological polar surface area (TPSA) is 60.5 Å². The van der Waals surface area contributed by atoms with E-state index in [-0.39, 0.29) is 24.9 Å². The van der Waals surface area contributed by atoms with Crippen molar-refractivity contribution in [3.8, 4) is 11.5 Å². The summed E-state index contributed by atoms with van der Waals surface area (Å²) in [4.78, 5) is 16.3. The van der Waals surface area contributed by atoms with Crippen LogP contribution in [-0.4, -0.2) is 30.1 Å². The van der Waals surface area contributed by atoms with Gasteiger partial charge in [-0.15, -0.1) is 0 Å². The van der Waals surface area contributed by atoms with Gasteiger partial charge < -0.3 is 14.8 Å².